The molecule has 1 aliphatic rings. The highest BCUT2D eigenvalue weighted by molar-refractivity contribution is 5.50. The summed E-state index contributed by atoms with van der Waals surface area (Å²) >= 11 is 0. The van der Waals surface area contributed by atoms with Crippen LogP contribution in [0.5, 0.6) is 0 Å². The summed E-state index contributed by atoms with van der Waals surface area (Å²) < 4.78 is 0. The lowest BCUT2D eigenvalue weighted by Gasteiger charge is -2.30. The Labute approximate surface area is 111 Å². The van der Waals surface area contributed by atoms with Gasteiger partial charge in [0.25, 0.3) is 0 Å². The van der Waals surface area contributed by atoms with Crippen molar-refractivity contribution in [1.29, 1.82) is 0 Å². The number of rotatable bonds is 4. The highest BCUT2D eigenvalue weighted by Gasteiger charge is 2.16. The molecule has 0 atom stereocenters. The van der Waals surface area contributed by atoms with Crippen molar-refractivity contribution in [2.45, 2.75) is 13.0 Å². The van der Waals surface area contributed by atoms with Gasteiger partial charge in [-0.25, -0.2) is 0 Å². The number of benzene rings is 1. The van der Waals surface area contributed by atoms with E-state index in [2.05, 4.69) is 61.1 Å². The molecule has 0 unspecified atom stereocenters. The Morgan fingerprint density at radius 2 is 1.89 bits per heavy atom. The van der Waals surface area contributed by atoms with Gasteiger partial charge in [0.1, 0.15) is 0 Å². The lowest BCUT2D eigenvalue weighted by Crippen LogP contribution is -2.35. The van der Waals surface area contributed by atoms with Gasteiger partial charge in [-0.1, -0.05) is 6.07 Å². The van der Waals surface area contributed by atoms with E-state index in [1.807, 2.05) is 0 Å². The number of hydrogen-bond donors (Lipinski definition) is 0. The molecule has 0 saturated carbocycles. The zero-order chi connectivity index (χ0) is 13.1. The average molecular weight is 247 g/mol. The van der Waals surface area contributed by atoms with Crippen LogP contribution in [0.4, 0.5) is 5.69 Å². The van der Waals surface area contributed by atoms with Crippen molar-refractivity contribution >= 4 is 5.69 Å². The molecule has 3 heteroatoms. The van der Waals surface area contributed by atoms with Gasteiger partial charge in [0.05, 0.1) is 0 Å². The molecule has 1 aromatic carbocycles. The van der Waals surface area contributed by atoms with Gasteiger partial charge in [-0.3, -0.25) is 4.90 Å². The highest BCUT2D eigenvalue weighted by Crippen LogP contribution is 2.23. The van der Waals surface area contributed by atoms with Gasteiger partial charge >= 0.3 is 0 Å². The Balaban J connectivity index is 2.05. The minimum Gasteiger partial charge on any atom is -0.378 e. The van der Waals surface area contributed by atoms with Crippen LogP contribution in [0.3, 0.4) is 0 Å². The fourth-order valence-electron chi connectivity index (χ4n) is 2.41. The molecule has 1 aromatic rings. The van der Waals surface area contributed by atoms with E-state index in [1.54, 1.807) is 0 Å². The third-order valence-electron chi connectivity index (χ3n) is 3.66. The van der Waals surface area contributed by atoms with Gasteiger partial charge in [0, 0.05) is 46.0 Å². The summed E-state index contributed by atoms with van der Waals surface area (Å²) in [7, 11) is 8.49. The van der Waals surface area contributed by atoms with E-state index in [0.717, 1.165) is 13.1 Å². The fourth-order valence-corrected chi connectivity index (χ4v) is 2.41. The van der Waals surface area contributed by atoms with E-state index < -0.39 is 0 Å². The summed E-state index contributed by atoms with van der Waals surface area (Å²) in [5.41, 5.74) is 4.34. The molecule has 0 N–H and O–H groups in total. The predicted octanol–water partition coefficient (Wildman–Crippen LogP) is 1.67. The van der Waals surface area contributed by atoms with Crippen molar-refractivity contribution in [2.24, 2.45) is 0 Å². The van der Waals surface area contributed by atoms with Crippen LogP contribution in [0, 0.1) is 0 Å². The molecule has 0 amide bonds. The van der Waals surface area contributed by atoms with E-state index in [0.29, 0.717) is 0 Å². The molecular formula is C15H25N3. The summed E-state index contributed by atoms with van der Waals surface area (Å²) in [6.07, 6.45) is 1.19. The van der Waals surface area contributed by atoms with E-state index in [9.17, 15) is 0 Å². The maximum absolute atomic E-state index is 2.56. The lowest BCUT2D eigenvalue weighted by molar-refractivity contribution is 0.225. The monoisotopic (exact) mass is 247 g/mol. The molecule has 0 aliphatic carbocycles. The molecule has 3 nitrogen and oxygen atoms in total. The second-order valence-corrected chi connectivity index (χ2v) is 5.68. The van der Waals surface area contributed by atoms with Gasteiger partial charge in [0.15, 0.2) is 0 Å². The minimum absolute atomic E-state index is 1.10. The molecule has 100 valence electrons. The van der Waals surface area contributed by atoms with Crippen molar-refractivity contribution in [3.63, 3.8) is 0 Å². The van der Waals surface area contributed by atoms with Crippen molar-refractivity contribution in [3.8, 4) is 0 Å². The first-order valence-corrected chi connectivity index (χ1v) is 6.72. The number of hydrogen-bond acceptors (Lipinski definition) is 3. The summed E-state index contributed by atoms with van der Waals surface area (Å²) in [5, 5.41) is 0. The van der Waals surface area contributed by atoms with E-state index in [-0.39, 0.29) is 0 Å². The highest BCUT2D eigenvalue weighted by atomic mass is 15.2. The van der Waals surface area contributed by atoms with Gasteiger partial charge in [-0.15, -0.1) is 0 Å². The molecule has 0 saturated heterocycles. The minimum atomic E-state index is 1.10. The Bertz CT molecular complexity index is 399. The molecule has 0 radical (unpaired) electrons. The Hall–Kier alpha value is -1.06. The second-order valence-electron chi connectivity index (χ2n) is 5.68. The SMILES string of the molecule is CN(C)CCN1CCc2ccc(N(C)C)cc2C1. The van der Waals surface area contributed by atoms with Crippen molar-refractivity contribution in [3.05, 3.63) is 29.3 Å². The largest absolute Gasteiger partial charge is 0.378 e. The van der Waals surface area contributed by atoms with Crippen LogP contribution in [0.2, 0.25) is 0 Å². The Kier molecular flexibility index (Phi) is 4.25. The number of fused-ring (bicyclic) bond motifs is 1. The Morgan fingerprint density at radius 1 is 1.11 bits per heavy atom. The van der Waals surface area contributed by atoms with Gasteiger partial charge < -0.3 is 9.80 Å². The molecule has 1 aliphatic heterocycles. The zero-order valence-electron chi connectivity index (χ0n) is 12.1. The van der Waals surface area contributed by atoms with Crippen LogP contribution >= 0.6 is 0 Å². The molecule has 0 fully saturated rings. The van der Waals surface area contributed by atoms with Crippen LogP contribution in [-0.2, 0) is 13.0 Å². The zero-order valence-corrected chi connectivity index (χ0v) is 12.1. The average Bonchev–Trinajstić information content (AvgIpc) is 2.35. The normalized spacial score (nSPS) is 15.8. The third-order valence-corrected chi connectivity index (χ3v) is 3.66. The van der Waals surface area contributed by atoms with Gasteiger partial charge in [-0.2, -0.15) is 0 Å². The van der Waals surface area contributed by atoms with E-state index in [1.165, 1.54) is 36.3 Å². The quantitative estimate of drug-likeness (QED) is 0.801. The van der Waals surface area contributed by atoms with Crippen molar-refractivity contribution in [1.82, 2.24) is 9.80 Å². The fraction of sp³-hybridized carbons (Fsp3) is 0.600. The van der Waals surface area contributed by atoms with Crippen LogP contribution in [0.15, 0.2) is 18.2 Å². The van der Waals surface area contributed by atoms with E-state index >= 15 is 0 Å². The number of nitrogens with zero attached hydrogens (tertiary/aromatic N) is 3. The van der Waals surface area contributed by atoms with E-state index in [4.69, 9.17) is 0 Å². The second kappa shape index (κ2) is 5.72. The van der Waals surface area contributed by atoms with Crippen LogP contribution < -0.4 is 4.90 Å². The summed E-state index contributed by atoms with van der Waals surface area (Å²) in [5.74, 6) is 0. The first-order chi connectivity index (χ1) is 8.56. The molecule has 0 aromatic heterocycles. The molecule has 18 heavy (non-hydrogen) atoms. The third kappa shape index (κ3) is 3.24. The van der Waals surface area contributed by atoms with Crippen LogP contribution in [0.1, 0.15) is 11.1 Å². The molecule has 2 rings (SSSR count). The number of likely N-dealkylation sites (N-methyl/N-ethyl adjacent to an activating group) is 1. The van der Waals surface area contributed by atoms with Crippen molar-refractivity contribution in [2.75, 3.05) is 52.7 Å². The molecule has 0 spiro atoms. The predicted molar refractivity (Wildman–Crippen MR) is 78.3 cm³/mol. The topological polar surface area (TPSA) is 9.72 Å². The van der Waals surface area contributed by atoms with Gasteiger partial charge in [-0.05, 0) is 43.8 Å². The molecule has 0 bridgehead atoms. The summed E-state index contributed by atoms with van der Waals surface area (Å²) in [4.78, 5) is 6.99. The Morgan fingerprint density at radius 3 is 2.56 bits per heavy atom. The van der Waals surface area contributed by atoms with Crippen LogP contribution in [-0.4, -0.2) is 57.6 Å². The smallest absolute Gasteiger partial charge is 0.0364 e. The summed E-state index contributed by atoms with van der Waals surface area (Å²) in [6, 6.07) is 6.87. The van der Waals surface area contributed by atoms with Crippen LogP contribution in [0.25, 0.3) is 0 Å². The number of anilines is 1. The summed E-state index contributed by atoms with van der Waals surface area (Å²) in [6.45, 7) is 4.61. The lowest BCUT2D eigenvalue weighted by atomic mass is 9.99. The van der Waals surface area contributed by atoms with Crippen molar-refractivity contribution < 1.29 is 0 Å². The first-order valence-electron chi connectivity index (χ1n) is 6.72. The first kappa shape index (κ1) is 13.4. The maximum Gasteiger partial charge on any atom is 0.0364 e. The molecule has 1 heterocycles. The molecular weight excluding hydrogens is 222 g/mol. The maximum atomic E-state index is 2.56. The standard InChI is InChI=1S/C15H25N3/c1-16(2)9-10-18-8-7-13-5-6-15(17(3)4)11-14(13)12-18/h5-6,11H,7-10,12H2,1-4H3. The van der Waals surface area contributed by atoms with Gasteiger partial charge in [0.2, 0.25) is 0 Å².